The maximum Gasteiger partial charge on any atom is 0.255 e. The van der Waals surface area contributed by atoms with Crippen molar-refractivity contribution in [3.63, 3.8) is 0 Å². The maximum absolute atomic E-state index is 12.5. The fraction of sp³-hybridized carbons (Fsp3) is 0.105. The minimum Gasteiger partial charge on any atom is -0.326 e. The molecular formula is C19H16N4O2. The first-order valence-electron chi connectivity index (χ1n) is 8.03. The van der Waals surface area contributed by atoms with Crippen LogP contribution in [0.2, 0.25) is 0 Å². The van der Waals surface area contributed by atoms with Gasteiger partial charge in [0.05, 0.1) is 5.69 Å². The standard InChI is InChI=1S/C19H16N4O2/c24-18-8-6-13-5-7-15(12-17(13)22-18)21-19(25)14-3-1-4-16(11-14)23-10-2-9-20-23/h1-5,7,9-12H,6,8H2,(H,21,25)(H,22,24). The molecule has 2 N–H and O–H groups in total. The van der Waals surface area contributed by atoms with Crippen molar-refractivity contribution in [1.82, 2.24) is 9.78 Å². The number of amides is 2. The first kappa shape index (κ1) is 15.1. The molecule has 3 aromatic rings. The zero-order chi connectivity index (χ0) is 17.2. The number of fused-ring (bicyclic) bond motifs is 1. The van der Waals surface area contributed by atoms with E-state index in [2.05, 4.69) is 15.7 Å². The number of benzene rings is 2. The molecular weight excluding hydrogens is 316 g/mol. The number of aromatic nitrogens is 2. The van der Waals surface area contributed by atoms with Crippen LogP contribution in [-0.2, 0) is 11.2 Å². The van der Waals surface area contributed by atoms with Crippen molar-refractivity contribution in [3.05, 3.63) is 72.1 Å². The van der Waals surface area contributed by atoms with E-state index in [-0.39, 0.29) is 11.8 Å². The molecule has 0 unspecified atom stereocenters. The Labute approximate surface area is 144 Å². The van der Waals surface area contributed by atoms with Crippen LogP contribution in [0, 0.1) is 0 Å². The third-order valence-electron chi connectivity index (χ3n) is 4.14. The summed E-state index contributed by atoms with van der Waals surface area (Å²) in [5.74, 6) is -0.209. The molecule has 1 aromatic heterocycles. The zero-order valence-corrected chi connectivity index (χ0v) is 13.4. The van der Waals surface area contributed by atoms with Crippen LogP contribution in [0.25, 0.3) is 5.69 Å². The monoisotopic (exact) mass is 332 g/mol. The number of rotatable bonds is 3. The molecule has 4 rings (SSSR count). The van der Waals surface area contributed by atoms with Crippen LogP contribution >= 0.6 is 0 Å². The van der Waals surface area contributed by atoms with E-state index < -0.39 is 0 Å². The summed E-state index contributed by atoms with van der Waals surface area (Å²) in [5, 5.41) is 9.89. The highest BCUT2D eigenvalue weighted by atomic mass is 16.2. The summed E-state index contributed by atoms with van der Waals surface area (Å²) < 4.78 is 1.70. The average Bonchev–Trinajstić information content (AvgIpc) is 3.16. The third-order valence-corrected chi connectivity index (χ3v) is 4.14. The van der Waals surface area contributed by atoms with Crippen LogP contribution in [0.4, 0.5) is 11.4 Å². The lowest BCUT2D eigenvalue weighted by atomic mass is 10.0. The molecule has 0 aliphatic carbocycles. The Bertz CT molecular complexity index is 948. The van der Waals surface area contributed by atoms with E-state index in [0.717, 1.165) is 23.4 Å². The van der Waals surface area contributed by atoms with Gasteiger partial charge in [-0.25, -0.2) is 4.68 Å². The van der Waals surface area contributed by atoms with Gasteiger partial charge in [-0.1, -0.05) is 12.1 Å². The lowest BCUT2D eigenvalue weighted by Crippen LogP contribution is -2.19. The van der Waals surface area contributed by atoms with Crippen molar-refractivity contribution in [2.24, 2.45) is 0 Å². The summed E-state index contributed by atoms with van der Waals surface area (Å²) in [6, 6.07) is 14.6. The molecule has 1 aliphatic rings. The Balaban J connectivity index is 1.55. The van der Waals surface area contributed by atoms with E-state index in [9.17, 15) is 9.59 Å². The second-order valence-electron chi connectivity index (χ2n) is 5.88. The molecule has 0 spiro atoms. The van der Waals surface area contributed by atoms with Crippen LogP contribution in [0.3, 0.4) is 0 Å². The van der Waals surface area contributed by atoms with E-state index in [1.807, 2.05) is 36.5 Å². The molecule has 2 amide bonds. The number of anilines is 2. The number of hydrogen-bond acceptors (Lipinski definition) is 3. The quantitative estimate of drug-likeness (QED) is 0.774. The Hall–Kier alpha value is -3.41. The van der Waals surface area contributed by atoms with Gasteiger partial charge in [-0.15, -0.1) is 0 Å². The van der Waals surface area contributed by atoms with E-state index in [4.69, 9.17) is 0 Å². The Kier molecular flexibility index (Phi) is 3.78. The van der Waals surface area contributed by atoms with Gasteiger partial charge in [-0.3, -0.25) is 9.59 Å². The molecule has 0 radical (unpaired) electrons. The van der Waals surface area contributed by atoms with Crippen molar-refractivity contribution in [2.75, 3.05) is 10.6 Å². The number of nitrogens with one attached hydrogen (secondary N) is 2. The van der Waals surface area contributed by atoms with Crippen molar-refractivity contribution >= 4 is 23.2 Å². The Morgan fingerprint density at radius 1 is 1.12 bits per heavy atom. The molecule has 25 heavy (non-hydrogen) atoms. The topological polar surface area (TPSA) is 76.0 Å². The fourth-order valence-corrected chi connectivity index (χ4v) is 2.86. The van der Waals surface area contributed by atoms with Crippen LogP contribution in [-0.4, -0.2) is 21.6 Å². The van der Waals surface area contributed by atoms with Gasteiger partial charge in [0.2, 0.25) is 5.91 Å². The summed E-state index contributed by atoms with van der Waals surface area (Å²) in [5.41, 5.74) is 3.85. The summed E-state index contributed by atoms with van der Waals surface area (Å²) >= 11 is 0. The highest BCUT2D eigenvalue weighted by Gasteiger charge is 2.15. The second-order valence-corrected chi connectivity index (χ2v) is 5.88. The van der Waals surface area contributed by atoms with Crippen LogP contribution in [0.15, 0.2) is 60.9 Å². The molecule has 0 saturated carbocycles. The third kappa shape index (κ3) is 3.14. The molecule has 0 bridgehead atoms. The molecule has 1 aliphatic heterocycles. The van der Waals surface area contributed by atoms with Gasteiger partial charge in [0.15, 0.2) is 0 Å². The Morgan fingerprint density at radius 2 is 2.04 bits per heavy atom. The number of aryl methyl sites for hydroxylation is 1. The molecule has 0 fully saturated rings. The van der Waals surface area contributed by atoms with Crippen molar-refractivity contribution < 1.29 is 9.59 Å². The highest BCUT2D eigenvalue weighted by molar-refractivity contribution is 6.05. The number of carbonyl (C=O) groups excluding carboxylic acids is 2. The lowest BCUT2D eigenvalue weighted by molar-refractivity contribution is -0.116. The fourth-order valence-electron chi connectivity index (χ4n) is 2.86. The van der Waals surface area contributed by atoms with E-state index in [1.165, 1.54) is 0 Å². The Morgan fingerprint density at radius 3 is 2.88 bits per heavy atom. The number of carbonyl (C=O) groups is 2. The molecule has 2 heterocycles. The van der Waals surface area contributed by atoms with Gasteiger partial charge in [0.25, 0.3) is 5.91 Å². The summed E-state index contributed by atoms with van der Waals surface area (Å²) in [6.45, 7) is 0. The van der Waals surface area contributed by atoms with Gasteiger partial charge in [0, 0.05) is 35.8 Å². The molecule has 124 valence electrons. The first-order chi connectivity index (χ1) is 12.2. The number of nitrogens with zero attached hydrogens (tertiary/aromatic N) is 2. The van der Waals surface area contributed by atoms with E-state index >= 15 is 0 Å². The van der Waals surface area contributed by atoms with Gasteiger partial charge in [-0.05, 0) is 48.4 Å². The minimum atomic E-state index is -0.212. The molecule has 6 heteroatoms. The normalized spacial score (nSPS) is 13.0. The summed E-state index contributed by atoms with van der Waals surface area (Å²) in [6.07, 6.45) is 4.73. The predicted octanol–water partition coefficient (Wildman–Crippen LogP) is 3.01. The summed E-state index contributed by atoms with van der Waals surface area (Å²) in [7, 11) is 0. The first-order valence-corrected chi connectivity index (χ1v) is 8.03. The second kappa shape index (κ2) is 6.24. The van der Waals surface area contributed by atoms with Gasteiger partial charge in [0.1, 0.15) is 0 Å². The predicted molar refractivity (Wildman–Crippen MR) is 94.9 cm³/mol. The average molecular weight is 332 g/mol. The smallest absolute Gasteiger partial charge is 0.255 e. The van der Waals surface area contributed by atoms with Crippen molar-refractivity contribution in [1.29, 1.82) is 0 Å². The molecule has 2 aromatic carbocycles. The van der Waals surface area contributed by atoms with Crippen molar-refractivity contribution in [2.45, 2.75) is 12.8 Å². The minimum absolute atomic E-state index is 0.00269. The van der Waals surface area contributed by atoms with Crippen molar-refractivity contribution in [3.8, 4) is 5.69 Å². The highest BCUT2D eigenvalue weighted by Crippen LogP contribution is 2.26. The van der Waals surface area contributed by atoms with Crippen LogP contribution in [0.1, 0.15) is 22.3 Å². The largest absolute Gasteiger partial charge is 0.326 e. The summed E-state index contributed by atoms with van der Waals surface area (Å²) in [4.78, 5) is 24.1. The van der Waals surface area contributed by atoms with Gasteiger partial charge >= 0.3 is 0 Å². The van der Waals surface area contributed by atoms with Crippen LogP contribution < -0.4 is 10.6 Å². The van der Waals surface area contributed by atoms with Gasteiger partial charge < -0.3 is 10.6 Å². The number of hydrogen-bond donors (Lipinski definition) is 2. The maximum atomic E-state index is 12.5. The lowest BCUT2D eigenvalue weighted by Gasteiger charge is -2.17. The van der Waals surface area contributed by atoms with E-state index in [0.29, 0.717) is 17.7 Å². The molecule has 0 atom stereocenters. The van der Waals surface area contributed by atoms with Crippen LogP contribution in [0.5, 0.6) is 0 Å². The SMILES string of the molecule is O=C1CCc2ccc(NC(=O)c3cccc(-n4cccn4)c3)cc2N1. The van der Waals surface area contributed by atoms with E-state index in [1.54, 1.807) is 29.1 Å². The molecule has 6 nitrogen and oxygen atoms in total. The molecule has 0 saturated heterocycles. The van der Waals surface area contributed by atoms with Gasteiger partial charge in [-0.2, -0.15) is 5.10 Å². The zero-order valence-electron chi connectivity index (χ0n) is 13.4.